The molecule has 0 aromatic carbocycles. The number of fused-ring (bicyclic) bond motifs is 2. The number of amides is 1. The van der Waals surface area contributed by atoms with Gasteiger partial charge in [-0.1, -0.05) is 0 Å². The standard InChI is InChI=1S/C18H25N9O/c1-24-7-9-25(10-8-24)15-11-13-12-26(6-3-14(13)21-22-15)17(28)16-20-18-19-4-2-5-27(18)23-16/h11H,2-10,12H2,1H3,(H,19,20,23). The molecular formula is C18H25N9O. The molecule has 0 radical (unpaired) electrons. The van der Waals surface area contributed by atoms with Crippen molar-refractivity contribution >= 4 is 17.7 Å². The number of aromatic nitrogens is 5. The maximum absolute atomic E-state index is 13.0. The van der Waals surface area contributed by atoms with Crippen molar-refractivity contribution in [1.29, 1.82) is 0 Å². The Labute approximate surface area is 163 Å². The average Bonchev–Trinajstić information content (AvgIpc) is 3.17. The van der Waals surface area contributed by atoms with Crippen LogP contribution in [0.2, 0.25) is 0 Å². The Morgan fingerprint density at radius 1 is 1.11 bits per heavy atom. The fourth-order valence-electron chi connectivity index (χ4n) is 3.97. The van der Waals surface area contributed by atoms with E-state index < -0.39 is 0 Å². The first kappa shape index (κ1) is 17.4. The van der Waals surface area contributed by atoms with Crippen LogP contribution < -0.4 is 10.2 Å². The largest absolute Gasteiger partial charge is 0.354 e. The molecule has 2 aromatic heterocycles. The van der Waals surface area contributed by atoms with Gasteiger partial charge in [0.05, 0.1) is 5.69 Å². The van der Waals surface area contributed by atoms with E-state index in [1.165, 1.54) is 0 Å². The maximum atomic E-state index is 13.0. The number of anilines is 2. The van der Waals surface area contributed by atoms with Crippen molar-refractivity contribution in [2.24, 2.45) is 0 Å². The van der Waals surface area contributed by atoms with Crippen LogP contribution in [-0.2, 0) is 19.5 Å². The van der Waals surface area contributed by atoms with Gasteiger partial charge in [-0.15, -0.1) is 10.2 Å². The smallest absolute Gasteiger partial charge is 0.293 e. The van der Waals surface area contributed by atoms with E-state index in [-0.39, 0.29) is 11.7 Å². The zero-order valence-electron chi connectivity index (χ0n) is 16.1. The van der Waals surface area contributed by atoms with Crippen LogP contribution in [0.4, 0.5) is 11.8 Å². The Morgan fingerprint density at radius 3 is 2.79 bits per heavy atom. The number of carbonyl (C=O) groups excluding carboxylic acids is 1. The summed E-state index contributed by atoms with van der Waals surface area (Å²) in [6.45, 7) is 6.76. The fraction of sp³-hybridized carbons (Fsp3) is 0.611. The number of carbonyl (C=O) groups is 1. The van der Waals surface area contributed by atoms with Gasteiger partial charge >= 0.3 is 0 Å². The lowest BCUT2D eigenvalue weighted by molar-refractivity contribution is 0.0720. The molecule has 10 nitrogen and oxygen atoms in total. The molecule has 0 saturated carbocycles. The Hall–Kier alpha value is -2.75. The Balaban J connectivity index is 1.33. The van der Waals surface area contributed by atoms with E-state index in [4.69, 9.17) is 0 Å². The fourth-order valence-corrected chi connectivity index (χ4v) is 3.97. The zero-order valence-corrected chi connectivity index (χ0v) is 16.1. The Morgan fingerprint density at radius 2 is 1.96 bits per heavy atom. The zero-order chi connectivity index (χ0) is 19.1. The van der Waals surface area contributed by atoms with Crippen molar-refractivity contribution in [1.82, 2.24) is 34.8 Å². The van der Waals surface area contributed by atoms with Crippen molar-refractivity contribution in [3.63, 3.8) is 0 Å². The summed E-state index contributed by atoms with van der Waals surface area (Å²) in [6, 6.07) is 2.10. The summed E-state index contributed by atoms with van der Waals surface area (Å²) in [5.41, 5.74) is 2.06. The van der Waals surface area contributed by atoms with E-state index >= 15 is 0 Å². The quantitative estimate of drug-likeness (QED) is 0.764. The van der Waals surface area contributed by atoms with Crippen LogP contribution in [0.3, 0.4) is 0 Å². The van der Waals surface area contributed by atoms with Crippen LogP contribution in [0, 0.1) is 0 Å². The first-order chi connectivity index (χ1) is 13.7. The monoisotopic (exact) mass is 383 g/mol. The molecule has 1 fully saturated rings. The highest BCUT2D eigenvalue weighted by molar-refractivity contribution is 5.91. The van der Waals surface area contributed by atoms with Crippen LogP contribution in [0.1, 0.15) is 28.3 Å². The van der Waals surface area contributed by atoms with E-state index in [2.05, 4.69) is 48.5 Å². The third-order valence-electron chi connectivity index (χ3n) is 5.73. The van der Waals surface area contributed by atoms with Gasteiger partial charge in [-0.25, -0.2) is 4.68 Å². The second-order valence-corrected chi connectivity index (χ2v) is 7.70. The van der Waals surface area contributed by atoms with Crippen LogP contribution in [0.25, 0.3) is 0 Å². The molecule has 1 saturated heterocycles. The van der Waals surface area contributed by atoms with Gasteiger partial charge in [0, 0.05) is 58.8 Å². The predicted octanol–water partition coefficient (Wildman–Crippen LogP) is -0.166. The molecule has 0 unspecified atom stereocenters. The molecule has 0 spiro atoms. The molecule has 5 heterocycles. The topological polar surface area (TPSA) is 95.3 Å². The van der Waals surface area contributed by atoms with Crippen molar-refractivity contribution in [2.75, 3.05) is 56.5 Å². The number of rotatable bonds is 2. The van der Waals surface area contributed by atoms with Gasteiger partial charge in [0.25, 0.3) is 5.91 Å². The van der Waals surface area contributed by atoms with Crippen molar-refractivity contribution in [2.45, 2.75) is 25.9 Å². The van der Waals surface area contributed by atoms with Crippen molar-refractivity contribution < 1.29 is 4.79 Å². The van der Waals surface area contributed by atoms with E-state index in [1.54, 1.807) is 4.68 Å². The average molecular weight is 383 g/mol. The van der Waals surface area contributed by atoms with Gasteiger partial charge in [-0.3, -0.25) is 4.79 Å². The first-order valence-electron chi connectivity index (χ1n) is 9.94. The third-order valence-corrected chi connectivity index (χ3v) is 5.73. The number of piperazine rings is 1. The lowest BCUT2D eigenvalue weighted by Crippen LogP contribution is -2.45. The van der Waals surface area contributed by atoms with Crippen LogP contribution >= 0.6 is 0 Å². The predicted molar refractivity (Wildman–Crippen MR) is 103 cm³/mol. The van der Waals surface area contributed by atoms with Crippen molar-refractivity contribution in [3.8, 4) is 0 Å². The minimum atomic E-state index is -0.118. The van der Waals surface area contributed by atoms with Gasteiger partial charge in [0.15, 0.2) is 5.82 Å². The number of nitrogens with one attached hydrogen (secondary N) is 1. The van der Waals surface area contributed by atoms with Gasteiger partial charge in [-0.05, 0) is 25.1 Å². The minimum absolute atomic E-state index is 0.118. The molecule has 0 aliphatic carbocycles. The molecule has 5 rings (SSSR count). The lowest BCUT2D eigenvalue weighted by Gasteiger charge is -2.34. The summed E-state index contributed by atoms with van der Waals surface area (Å²) in [5, 5.41) is 16.5. The molecule has 28 heavy (non-hydrogen) atoms. The number of aryl methyl sites for hydroxylation is 1. The van der Waals surface area contributed by atoms with E-state index in [0.717, 1.165) is 62.8 Å². The molecule has 148 valence electrons. The summed E-state index contributed by atoms with van der Waals surface area (Å²) in [7, 11) is 2.14. The summed E-state index contributed by atoms with van der Waals surface area (Å²) in [5.74, 6) is 1.75. The van der Waals surface area contributed by atoms with E-state index in [1.807, 2.05) is 4.90 Å². The summed E-state index contributed by atoms with van der Waals surface area (Å²) < 4.78 is 1.78. The van der Waals surface area contributed by atoms with Crippen LogP contribution in [0.15, 0.2) is 6.07 Å². The van der Waals surface area contributed by atoms with Crippen molar-refractivity contribution in [3.05, 3.63) is 23.1 Å². The third kappa shape index (κ3) is 3.17. The van der Waals surface area contributed by atoms with E-state index in [0.29, 0.717) is 25.5 Å². The number of nitrogens with zero attached hydrogens (tertiary/aromatic N) is 8. The molecular weight excluding hydrogens is 358 g/mol. The second kappa shape index (κ2) is 7.01. The summed E-state index contributed by atoms with van der Waals surface area (Å²) >= 11 is 0. The highest BCUT2D eigenvalue weighted by Gasteiger charge is 2.28. The molecule has 1 N–H and O–H groups in total. The maximum Gasteiger partial charge on any atom is 0.293 e. The molecule has 0 bridgehead atoms. The first-order valence-corrected chi connectivity index (χ1v) is 9.94. The number of hydrogen-bond donors (Lipinski definition) is 1. The lowest BCUT2D eigenvalue weighted by atomic mass is 10.1. The van der Waals surface area contributed by atoms with Gasteiger partial charge in [0.2, 0.25) is 11.8 Å². The SMILES string of the molecule is CN1CCN(c2cc3c(nn2)CCN(C(=O)c2nc4n(n2)CCCN4)C3)CC1. The number of hydrogen-bond acceptors (Lipinski definition) is 8. The molecule has 1 amide bonds. The molecule has 3 aliphatic heterocycles. The van der Waals surface area contributed by atoms with E-state index in [9.17, 15) is 4.79 Å². The highest BCUT2D eigenvalue weighted by atomic mass is 16.2. The highest BCUT2D eigenvalue weighted by Crippen LogP contribution is 2.23. The molecule has 10 heteroatoms. The van der Waals surface area contributed by atoms with Gasteiger partial charge < -0.3 is 20.0 Å². The number of likely N-dealkylation sites (N-methyl/N-ethyl adjacent to an activating group) is 1. The molecule has 2 aromatic rings. The second-order valence-electron chi connectivity index (χ2n) is 7.70. The summed E-state index contributed by atoms with van der Waals surface area (Å²) in [4.78, 5) is 23.7. The van der Waals surface area contributed by atoms with Crippen LogP contribution in [-0.4, -0.2) is 87.0 Å². The normalized spacial score (nSPS) is 19.8. The Kier molecular flexibility index (Phi) is 4.34. The molecule has 3 aliphatic rings. The van der Waals surface area contributed by atoms with Gasteiger partial charge in [0.1, 0.15) is 0 Å². The van der Waals surface area contributed by atoms with Gasteiger partial charge in [-0.2, -0.15) is 10.1 Å². The Bertz CT molecular complexity index is 864. The summed E-state index contributed by atoms with van der Waals surface area (Å²) in [6.07, 6.45) is 1.71. The minimum Gasteiger partial charge on any atom is -0.354 e. The molecule has 0 atom stereocenters. The van der Waals surface area contributed by atoms with Crippen LogP contribution in [0.5, 0.6) is 0 Å².